The maximum Gasteiger partial charge on any atom is 0.310 e. The molecule has 0 radical (unpaired) electrons. The number of piperazine rings is 4. The number of halogens is 3. The van der Waals surface area contributed by atoms with Crippen LogP contribution in [0.2, 0.25) is 0 Å². The summed E-state index contributed by atoms with van der Waals surface area (Å²) in [7, 11) is 0. The molecule has 620 valence electrons. The third-order valence-corrected chi connectivity index (χ3v) is 23.6. The van der Waals surface area contributed by atoms with Gasteiger partial charge in [0.05, 0.1) is 43.9 Å². The van der Waals surface area contributed by atoms with Crippen LogP contribution in [0.15, 0.2) is 191 Å². The Morgan fingerprint density at radius 2 is 0.525 bits per heavy atom. The van der Waals surface area contributed by atoms with Gasteiger partial charge in [-0.05, 0) is 203 Å². The van der Waals surface area contributed by atoms with Gasteiger partial charge in [-0.3, -0.25) is 38.8 Å². The van der Waals surface area contributed by atoms with Crippen LogP contribution in [0.4, 0.5) is 22.7 Å². The molecule has 8 heterocycles. The van der Waals surface area contributed by atoms with E-state index >= 15 is 0 Å². The van der Waals surface area contributed by atoms with Gasteiger partial charge in [0.2, 0.25) is 0 Å². The van der Waals surface area contributed by atoms with Crippen LogP contribution in [0, 0.1) is 42.4 Å². The number of ether oxygens (including phenoxy) is 4. The fraction of sp³-hybridized carbons (Fsp3) is 0.385. The van der Waals surface area contributed by atoms with Crippen LogP contribution >= 0.6 is 47.8 Å². The van der Waals surface area contributed by atoms with E-state index in [9.17, 15) is 39.6 Å². The van der Waals surface area contributed by atoms with Gasteiger partial charge in [0.1, 0.15) is 69.1 Å². The van der Waals surface area contributed by atoms with E-state index in [1.165, 1.54) is 0 Å². The first-order valence-electron chi connectivity index (χ1n) is 39.9. The van der Waals surface area contributed by atoms with Crippen molar-refractivity contribution < 1.29 is 58.6 Å². The summed E-state index contributed by atoms with van der Waals surface area (Å²) in [5.74, 6) is 6.75. The van der Waals surface area contributed by atoms with E-state index < -0.39 is 45.5 Å². The number of carbonyl (C=O) groups is 4. The first-order chi connectivity index (χ1) is 56.1. The summed E-state index contributed by atoms with van der Waals surface area (Å²) in [4.78, 5) is 83.9. The van der Waals surface area contributed by atoms with Gasteiger partial charge < -0.3 is 59.0 Å². The Hall–Kier alpha value is -10.0. The Morgan fingerprint density at radius 1 is 0.297 bits per heavy atom. The van der Waals surface area contributed by atoms with Crippen molar-refractivity contribution in [1.29, 1.82) is 0 Å². The van der Waals surface area contributed by atoms with Gasteiger partial charge in [-0.25, -0.2) is 20.0 Å². The van der Waals surface area contributed by atoms with Crippen LogP contribution in [0.1, 0.15) is 94.3 Å². The lowest BCUT2D eigenvalue weighted by Crippen LogP contribution is -2.52. The van der Waals surface area contributed by atoms with Crippen molar-refractivity contribution in [3.63, 3.8) is 0 Å². The van der Waals surface area contributed by atoms with Crippen LogP contribution in [0.25, 0.3) is 0 Å². The van der Waals surface area contributed by atoms with Gasteiger partial charge >= 0.3 is 23.9 Å². The lowest BCUT2D eigenvalue weighted by molar-refractivity contribution is -0.149. The molecular formula is C91H103Br3N12O12. The molecule has 24 nitrogen and oxygen atoms in total. The predicted molar refractivity (Wildman–Crippen MR) is 472 cm³/mol. The van der Waals surface area contributed by atoms with Crippen molar-refractivity contribution in [2.24, 2.45) is 41.6 Å². The third-order valence-electron chi connectivity index (χ3n) is 22.1. The fourth-order valence-electron chi connectivity index (χ4n) is 15.2. The van der Waals surface area contributed by atoms with Gasteiger partial charge in [0, 0.05) is 144 Å². The zero-order valence-corrected chi connectivity index (χ0v) is 73.5. The quantitative estimate of drug-likeness (QED) is 0.0886. The molecule has 0 saturated carbocycles. The molecule has 8 aromatic rings. The zero-order chi connectivity index (χ0) is 84.1. The third kappa shape index (κ3) is 20.6. The normalized spacial score (nSPS) is 16.9. The molecule has 0 aliphatic carbocycles. The molecule has 4 saturated heterocycles. The molecule has 27 heteroatoms. The van der Waals surface area contributed by atoms with Crippen molar-refractivity contribution in [1.82, 2.24) is 39.2 Å². The smallest absolute Gasteiger partial charge is 0.310 e. The molecule has 0 amide bonds. The highest BCUT2D eigenvalue weighted by atomic mass is 79.9. The molecule has 16 rings (SSSR count). The number of carboxylic acids is 4. The molecule has 8 aliphatic heterocycles. The largest absolute Gasteiger partial charge is 0.481 e. The number of benzene rings is 8. The number of nitrogens with zero attached hydrogens (tertiary/aromatic N) is 12. The second-order valence-electron chi connectivity index (χ2n) is 33.8. The molecule has 4 N–H and O–H groups in total. The maximum absolute atomic E-state index is 11.5. The van der Waals surface area contributed by atoms with Gasteiger partial charge in [0.25, 0.3) is 0 Å². The van der Waals surface area contributed by atoms with E-state index in [1.807, 2.05) is 140 Å². The van der Waals surface area contributed by atoms with E-state index in [0.717, 1.165) is 249 Å². The first-order valence-corrected chi connectivity index (χ1v) is 42.3. The number of rotatable bonds is 12. The molecule has 4 fully saturated rings. The van der Waals surface area contributed by atoms with Crippen molar-refractivity contribution in [2.45, 2.75) is 76.2 Å². The lowest BCUT2D eigenvalue weighted by atomic mass is 9.93. The van der Waals surface area contributed by atoms with Crippen molar-refractivity contribution >= 4 is 118 Å². The zero-order valence-electron chi connectivity index (χ0n) is 68.7. The van der Waals surface area contributed by atoms with E-state index in [0.29, 0.717) is 26.2 Å². The number of aryl methyl sites for hydroxylation is 3. The number of para-hydroxylation sites is 2. The number of amidine groups is 4. The maximum atomic E-state index is 11.5. The van der Waals surface area contributed by atoms with E-state index in [1.54, 1.807) is 55.4 Å². The molecule has 0 unspecified atom stereocenters. The second-order valence-corrected chi connectivity index (χ2v) is 36.5. The van der Waals surface area contributed by atoms with Gasteiger partial charge in [-0.15, -0.1) is 0 Å². The van der Waals surface area contributed by atoms with E-state index in [-0.39, 0.29) is 0 Å². The van der Waals surface area contributed by atoms with Crippen LogP contribution in [-0.2, 0) is 19.2 Å². The molecule has 8 aromatic carbocycles. The number of aliphatic carboxylic acids is 4. The Kier molecular flexibility index (Phi) is 26.4. The summed E-state index contributed by atoms with van der Waals surface area (Å²) in [6, 6.07) is 51.9. The SMILES string of the molecule is CC(C)(CN1CCN(C2=Nc3cc(Br)ccc3Oc3ccc(Br)cc32)CC1)C(=O)O.CC(C)(CN1CCN(C2=Nc3cc(Br)ccc3Oc3ccccc32)CC1)C(=O)O.Cc1ccc2c(c1)N=C(N1CCN(CC(C)(C)C(=O)O)CC1)c1cc(C)ccc1O2.Cc1ccc2c(c1)N=C(N1CCN(CC(C)(C)C(=O)O)CC1)c1ccccc1O2. The number of carboxylic acid groups (broad SMARTS) is 4. The Labute approximate surface area is 715 Å². The minimum Gasteiger partial charge on any atom is -0.481 e. The van der Waals surface area contributed by atoms with Crippen molar-refractivity contribution in [3.8, 4) is 46.0 Å². The van der Waals surface area contributed by atoms with Gasteiger partial charge in [-0.1, -0.05) is 95.8 Å². The van der Waals surface area contributed by atoms with Crippen molar-refractivity contribution in [3.05, 3.63) is 210 Å². The number of aliphatic imine (C=N–C) groups is 4. The fourth-order valence-corrected chi connectivity index (χ4v) is 16.3. The standard InChI is InChI=1S/C24H29N3O3.C23H27N3O3.C22H23Br2N3O3.C22H24BrN3O3/c1-16-5-7-20-18(13-16)22(25-19-14-17(2)6-8-21(19)30-20)27-11-9-26(10-12-27)15-24(3,4)23(28)29;1-16-8-9-20-18(14-16)24-21(17-6-4-5-7-19(17)29-20)26-12-10-25(11-13-26)15-23(2,3)22(27)28;1-22(2,21(28)29)13-26-7-9-27(10-8-26)20-16-11-14(23)3-5-18(16)30-19-6-4-15(24)12-17(19)25-20;1-22(2,21(27)28)14-25-9-11-26(12-10-25)20-16-5-3-4-6-18(16)29-19-8-7-15(23)13-17(19)24-20/h5-8,13-14H,9-12,15H2,1-4H3,(H,28,29);4-9,14H,10-13,15H2,1-3H3,(H,27,28);3-6,11-12H,7-10,13H2,1-2H3,(H,28,29);3-8,13H,9-12,14H2,1-2H3,(H,27,28). The topological polar surface area (TPSA) is 261 Å². The van der Waals surface area contributed by atoms with Gasteiger partial charge in [-0.2, -0.15) is 0 Å². The molecule has 118 heavy (non-hydrogen) atoms. The predicted octanol–water partition coefficient (Wildman–Crippen LogP) is 17.6. The van der Waals surface area contributed by atoms with E-state index in [2.05, 4.69) is 126 Å². The Balaban J connectivity index is 0.000000136. The molecule has 0 spiro atoms. The summed E-state index contributed by atoms with van der Waals surface area (Å²) in [6.45, 7) is 35.2. The van der Waals surface area contributed by atoms with E-state index in [4.69, 9.17) is 38.9 Å². The highest BCUT2D eigenvalue weighted by Crippen LogP contribution is 2.45. The van der Waals surface area contributed by atoms with Crippen LogP contribution in [0.3, 0.4) is 0 Å². The molecule has 0 atom stereocenters. The average Bonchev–Trinajstić information content (AvgIpc) is 1.64. The lowest BCUT2D eigenvalue weighted by Gasteiger charge is -2.39. The summed E-state index contributed by atoms with van der Waals surface area (Å²) in [6.07, 6.45) is 0. The average molecular weight is 1800 g/mol. The molecule has 0 aromatic heterocycles. The summed E-state index contributed by atoms with van der Waals surface area (Å²) in [5.41, 5.74) is 7.57. The Morgan fingerprint density at radius 3 is 0.831 bits per heavy atom. The minimum absolute atomic E-state index is 0.531. The molecule has 8 aliphatic rings. The summed E-state index contributed by atoms with van der Waals surface area (Å²) < 4.78 is 27.6. The minimum atomic E-state index is -0.767. The highest BCUT2D eigenvalue weighted by Gasteiger charge is 2.38. The molecule has 0 bridgehead atoms. The van der Waals surface area contributed by atoms with Gasteiger partial charge in [0.15, 0.2) is 23.0 Å². The number of fused-ring (bicyclic) bond motifs is 8. The van der Waals surface area contributed by atoms with Crippen LogP contribution in [-0.4, -0.2) is 238 Å². The van der Waals surface area contributed by atoms with Crippen molar-refractivity contribution in [2.75, 3.05) is 131 Å². The summed E-state index contributed by atoms with van der Waals surface area (Å²) >= 11 is 10.6. The summed E-state index contributed by atoms with van der Waals surface area (Å²) in [5, 5.41) is 37.7. The van der Waals surface area contributed by atoms with Crippen LogP contribution < -0.4 is 18.9 Å². The monoisotopic (exact) mass is 1790 g/mol. The number of hydrogen-bond donors (Lipinski definition) is 4. The second kappa shape index (κ2) is 36.3. The van der Waals surface area contributed by atoms with Crippen LogP contribution in [0.5, 0.6) is 46.0 Å². The highest BCUT2D eigenvalue weighted by molar-refractivity contribution is 9.11. The molecular weight excluding hydrogens is 1690 g/mol. The Bertz CT molecular complexity index is 4910. The first kappa shape index (κ1) is 85.9. The number of hydrogen-bond acceptors (Lipinski definition) is 20.